The number of amidine groups is 1. The van der Waals surface area contributed by atoms with E-state index in [1.807, 2.05) is 30.1 Å². The Balaban J connectivity index is 1.69. The number of thioether (sulfide) groups is 1. The van der Waals surface area contributed by atoms with Gasteiger partial charge in [-0.2, -0.15) is 0 Å². The first-order chi connectivity index (χ1) is 13.3. The molecule has 3 heterocycles. The Bertz CT molecular complexity index is 1020. The van der Waals surface area contributed by atoms with Crippen LogP contribution in [0.25, 0.3) is 10.8 Å². The smallest absolute Gasteiger partial charge is 0.160 e. The Kier molecular flexibility index (Phi) is 4.05. The number of rotatable bonds is 3. The Hall–Kier alpha value is -2.53. The van der Waals surface area contributed by atoms with Crippen molar-refractivity contribution < 1.29 is 4.74 Å². The van der Waals surface area contributed by atoms with Crippen molar-refractivity contribution in [2.24, 2.45) is 4.99 Å². The highest BCUT2D eigenvalue weighted by Crippen LogP contribution is 2.49. The molecule has 27 heavy (non-hydrogen) atoms. The average Bonchev–Trinajstić information content (AvgIpc) is 3.24. The van der Waals surface area contributed by atoms with Crippen molar-refractivity contribution in [3.05, 3.63) is 72.1 Å². The Labute approximate surface area is 163 Å². The van der Waals surface area contributed by atoms with Gasteiger partial charge in [0.05, 0.1) is 18.8 Å². The van der Waals surface area contributed by atoms with Crippen LogP contribution < -0.4 is 4.74 Å². The van der Waals surface area contributed by atoms with Gasteiger partial charge in [0.2, 0.25) is 0 Å². The number of aromatic nitrogens is 1. The van der Waals surface area contributed by atoms with Crippen LogP contribution in [0.15, 0.2) is 65.8 Å². The summed E-state index contributed by atoms with van der Waals surface area (Å²) < 4.78 is 5.60. The van der Waals surface area contributed by atoms with Gasteiger partial charge in [-0.3, -0.25) is 9.98 Å². The van der Waals surface area contributed by atoms with Crippen molar-refractivity contribution in [2.45, 2.75) is 24.3 Å². The molecule has 0 unspecified atom stereocenters. The van der Waals surface area contributed by atoms with E-state index >= 15 is 0 Å². The molecule has 3 aromatic rings. The van der Waals surface area contributed by atoms with Crippen molar-refractivity contribution >= 4 is 27.7 Å². The van der Waals surface area contributed by atoms with E-state index in [0.29, 0.717) is 5.25 Å². The minimum atomic E-state index is 0.0120. The van der Waals surface area contributed by atoms with Gasteiger partial charge < -0.3 is 9.64 Å². The average molecular weight is 375 g/mol. The van der Waals surface area contributed by atoms with Gasteiger partial charge in [0.25, 0.3) is 0 Å². The molecule has 4 nitrogen and oxygen atoms in total. The third-order valence-corrected chi connectivity index (χ3v) is 6.44. The number of aliphatic imine (C=N–C) groups is 1. The van der Waals surface area contributed by atoms with Gasteiger partial charge in [0, 0.05) is 23.4 Å². The Morgan fingerprint density at radius 3 is 2.63 bits per heavy atom. The van der Waals surface area contributed by atoms with Crippen LogP contribution in [0.3, 0.4) is 0 Å². The summed E-state index contributed by atoms with van der Waals surface area (Å²) in [4.78, 5) is 12.2. The van der Waals surface area contributed by atoms with Gasteiger partial charge >= 0.3 is 0 Å². The number of hydrogen-bond acceptors (Lipinski definition) is 5. The lowest BCUT2D eigenvalue weighted by molar-refractivity contribution is 0.323. The van der Waals surface area contributed by atoms with Crippen LogP contribution >= 0.6 is 11.8 Å². The second-order valence-electron chi connectivity index (χ2n) is 7.04. The standard InChI is InChI=1S/C22H21N3OS/c1-14-13-25-21(20(24-22(25)27-14)18-9-5-6-12-23-18)17-10-11-19(26-2)16-8-4-3-7-15(16)17/h3-12,14,20-21H,13H2,1-2H3/t14-,20+,21-/m1/s1. The van der Waals surface area contributed by atoms with Gasteiger partial charge in [-0.25, -0.2) is 0 Å². The van der Waals surface area contributed by atoms with Gasteiger partial charge in [-0.1, -0.05) is 55.1 Å². The fourth-order valence-electron chi connectivity index (χ4n) is 4.18. The molecule has 1 aromatic heterocycles. The molecule has 0 aliphatic carbocycles. The molecular formula is C22H21N3OS. The minimum Gasteiger partial charge on any atom is -0.496 e. The maximum atomic E-state index is 5.60. The molecule has 3 atom stereocenters. The Morgan fingerprint density at radius 2 is 1.85 bits per heavy atom. The van der Waals surface area contributed by atoms with Crippen LogP contribution in [-0.2, 0) is 0 Å². The van der Waals surface area contributed by atoms with Crippen LogP contribution in [0, 0.1) is 0 Å². The number of hydrogen-bond donors (Lipinski definition) is 0. The summed E-state index contributed by atoms with van der Waals surface area (Å²) in [6, 6.07) is 19.0. The zero-order valence-electron chi connectivity index (χ0n) is 15.4. The lowest BCUT2D eigenvalue weighted by atomic mass is 9.91. The molecule has 5 heteroatoms. The van der Waals surface area contributed by atoms with Crippen LogP contribution in [0.4, 0.5) is 0 Å². The maximum Gasteiger partial charge on any atom is 0.160 e. The fraction of sp³-hybridized carbons (Fsp3) is 0.273. The van der Waals surface area contributed by atoms with E-state index in [4.69, 9.17) is 9.73 Å². The summed E-state index contributed by atoms with van der Waals surface area (Å²) in [6.45, 7) is 3.28. The first-order valence-corrected chi connectivity index (χ1v) is 10.1. The van der Waals surface area contributed by atoms with Crippen molar-refractivity contribution in [3.8, 4) is 5.75 Å². The fourth-order valence-corrected chi connectivity index (χ4v) is 5.28. The van der Waals surface area contributed by atoms with E-state index in [0.717, 1.165) is 28.5 Å². The molecule has 0 spiro atoms. The quantitative estimate of drug-likeness (QED) is 0.657. The number of ether oxygens (including phenoxy) is 1. The molecule has 0 amide bonds. The van der Waals surface area contributed by atoms with Gasteiger partial charge in [-0.15, -0.1) is 0 Å². The van der Waals surface area contributed by atoms with Crippen LogP contribution in [-0.4, -0.2) is 34.0 Å². The van der Waals surface area contributed by atoms with E-state index in [9.17, 15) is 0 Å². The van der Waals surface area contributed by atoms with Crippen LogP contribution in [0.5, 0.6) is 5.75 Å². The van der Waals surface area contributed by atoms with E-state index < -0.39 is 0 Å². The third-order valence-electron chi connectivity index (χ3n) is 5.34. The van der Waals surface area contributed by atoms with Crippen LogP contribution in [0.2, 0.25) is 0 Å². The van der Waals surface area contributed by atoms with Crippen molar-refractivity contribution in [2.75, 3.05) is 13.7 Å². The molecule has 2 aliphatic heterocycles. The molecule has 0 radical (unpaired) electrons. The van der Waals surface area contributed by atoms with Gasteiger partial charge in [-0.05, 0) is 29.1 Å². The first kappa shape index (κ1) is 16.6. The molecule has 2 aliphatic rings. The highest BCUT2D eigenvalue weighted by molar-refractivity contribution is 8.14. The predicted molar refractivity (Wildman–Crippen MR) is 111 cm³/mol. The summed E-state index contributed by atoms with van der Waals surface area (Å²) >= 11 is 1.87. The largest absolute Gasteiger partial charge is 0.496 e. The highest BCUT2D eigenvalue weighted by atomic mass is 32.2. The number of nitrogens with zero attached hydrogens (tertiary/aromatic N) is 3. The topological polar surface area (TPSA) is 37.7 Å². The second kappa shape index (κ2) is 6.57. The zero-order chi connectivity index (χ0) is 18.4. The van der Waals surface area contributed by atoms with Crippen molar-refractivity contribution in [3.63, 3.8) is 0 Å². The number of pyridine rings is 1. The van der Waals surface area contributed by atoms with Gasteiger partial charge in [0.1, 0.15) is 11.8 Å². The predicted octanol–water partition coefficient (Wildman–Crippen LogP) is 4.83. The molecule has 136 valence electrons. The van der Waals surface area contributed by atoms with E-state index in [1.54, 1.807) is 7.11 Å². The van der Waals surface area contributed by atoms with E-state index in [2.05, 4.69) is 59.3 Å². The van der Waals surface area contributed by atoms with Crippen molar-refractivity contribution in [1.82, 2.24) is 9.88 Å². The number of fused-ring (bicyclic) bond motifs is 2. The van der Waals surface area contributed by atoms with E-state index in [-0.39, 0.29) is 12.1 Å². The monoisotopic (exact) mass is 375 g/mol. The molecule has 2 aromatic carbocycles. The summed E-state index contributed by atoms with van der Waals surface area (Å²) in [7, 11) is 1.73. The summed E-state index contributed by atoms with van der Waals surface area (Å²) in [5.74, 6) is 0.909. The van der Waals surface area contributed by atoms with Gasteiger partial charge in [0.15, 0.2) is 5.17 Å². The number of methoxy groups -OCH3 is 1. The molecular weight excluding hydrogens is 354 g/mol. The lowest BCUT2D eigenvalue weighted by Gasteiger charge is -2.28. The SMILES string of the molecule is COc1ccc([C@@H]2[C@H](c3ccccn3)N=C3S[C@H](C)CN32)c2ccccc12. The summed E-state index contributed by atoms with van der Waals surface area (Å²) in [5.41, 5.74) is 2.31. The summed E-state index contributed by atoms with van der Waals surface area (Å²) in [6.07, 6.45) is 1.86. The van der Waals surface area contributed by atoms with Crippen molar-refractivity contribution in [1.29, 1.82) is 0 Å². The second-order valence-corrected chi connectivity index (χ2v) is 8.45. The zero-order valence-corrected chi connectivity index (χ0v) is 16.2. The third kappa shape index (κ3) is 2.69. The van der Waals surface area contributed by atoms with Crippen LogP contribution in [0.1, 0.15) is 30.3 Å². The highest BCUT2D eigenvalue weighted by Gasteiger charge is 2.44. The number of benzene rings is 2. The molecule has 0 N–H and O–H groups in total. The van der Waals surface area contributed by atoms with E-state index in [1.165, 1.54) is 10.9 Å². The molecule has 0 bridgehead atoms. The minimum absolute atomic E-state index is 0.0120. The first-order valence-electron chi connectivity index (χ1n) is 9.24. The lowest BCUT2D eigenvalue weighted by Crippen LogP contribution is -2.28. The molecule has 0 saturated carbocycles. The molecule has 5 rings (SSSR count). The maximum absolute atomic E-state index is 5.60. The molecule has 1 fully saturated rings. The Morgan fingerprint density at radius 1 is 1.04 bits per heavy atom. The molecule has 1 saturated heterocycles. The summed E-state index contributed by atoms with van der Waals surface area (Å²) in [5, 5.41) is 4.07. The normalized spacial score (nSPS) is 24.1.